The Bertz CT molecular complexity index is 428. The van der Waals surface area contributed by atoms with Gasteiger partial charge in [0, 0.05) is 30.7 Å². The number of hydrogen-bond donors (Lipinski definition) is 2. The van der Waals surface area contributed by atoms with Gasteiger partial charge < -0.3 is 15.8 Å². The summed E-state index contributed by atoms with van der Waals surface area (Å²) in [5.74, 6) is 0.00678. The molecule has 4 nitrogen and oxygen atoms in total. The van der Waals surface area contributed by atoms with Crippen molar-refractivity contribution in [3.05, 3.63) is 34.3 Å². The summed E-state index contributed by atoms with van der Waals surface area (Å²) in [7, 11) is 0. The molecular weight excluding hydrogens is 308 g/mol. The minimum atomic E-state index is -0.314. The fourth-order valence-electron chi connectivity index (χ4n) is 2.44. The maximum Gasteiger partial charge on any atom is 0.221 e. The monoisotopic (exact) mass is 326 g/mol. The molecule has 0 saturated carbocycles. The molecule has 0 unspecified atom stereocenters. The Morgan fingerprint density at radius 1 is 1.32 bits per heavy atom. The van der Waals surface area contributed by atoms with Gasteiger partial charge >= 0.3 is 0 Å². The average Bonchev–Trinajstić information content (AvgIpc) is 2.40. The van der Waals surface area contributed by atoms with Gasteiger partial charge in [0.15, 0.2) is 0 Å². The van der Waals surface area contributed by atoms with E-state index in [4.69, 9.17) is 10.5 Å². The van der Waals surface area contributed by atoms with Crippen molar-refractivity contribution in [2.75, 3.05) is 19.8 Å². The van der Waals surface area contributed by atoms with Gasteiger partial charge in [0.05, 0.1) is 5.54 Å². The number of hydrogen-bond acceptors (Lipinski definition) is 3. The minimum absolute atomic E-state index is 0.00678. The van der Waals surface area contributed by atoms with Crippen molar-refractivity contribution in [3.63, 3.8) is 0 Å². The van der Waals surface area contributed by atoms with Crippen LogP contribution in [0.5, 0.6) is 0 Å². The summed E-state index contributed by atoms with van der Waals surface area (Å²) in [6.07, 6.45) is 1.95. The van der Waals surface area contributed by atoms with E-state index in [1.54, 1.807) is 0 Å². The van der Waals surface area contributed by atoms with Gasteiger partial charge in [-0.25, -0.2) is 0 Å². The molecule has 1 heterocycles. The molecule has 1 aliphatic rings. The lowest BCUT2D eigenvalue weighted by Gasteiger charge is -2.38. The predicted molar refractivity (Wildman–Crippen MR) is 77.7 cm³/mol. The third kappa shape index (κ3) is 3.55. The Morgan fingerprint density at radius 3 is 2.53 bits per heavy atom. The molecule has 1 amide bonds. The van der Waals surface area contributed by atoms with E-state index < -0.39 is 0 Å². The molecule has 0 aromatic heterocycles. The molecule has 104 valence electrons. The van der Waals surface area contributed by atoms with E-state index in [0.29, 0.717) is 26.2 Å². The second-order valence-electron chi connectivity index (χ2n) is 4.79. The summed E-state index contributed by atoms with van der Waals surface area (Å²) in [6, 6.07) is 8.11. The van der Waals surface area contributed by atoms with Gasteiger partial charge in [-0.05, 0) is 30.5 Å². The summed E-state index contributed by atoms with van der Waals surface area (Å²) in [5.41, 5.74) is 6.26. The van der Waals surface area contributed by atoms with Gasteiger partial charge in [-0.1, -0.05) is 28.1 Å². The van der Waals surface area contributed by atoms with Crippen LogP contribution in [0.25, 0.3) is 0 Å². The van der Waals surface area contributed by atoms with Gasteiger partial charge in [-0.15, -0.1) is 0 Å². The Balaban J connectivity index is 2.23. The first-order chi connectivity index (χ1) is 9.16. The summed E-state index contributed by atoms with van der Waals surface area (Å²) in [5, 5.41) is 3.15. The zero-order chi connectivity index (χ0) is 13.7. The van der Waals surface area contributed by atoms with Gasteiger partial charge in [0.25, 0.3) is 0 Å². The first-order valence-electron chi connectivity index (χ1n) is 6.51. The quantitative estimate of drug-likeness (QED) is 0.888. The van der Waals surface area contributed by atoms with Crippen LogP contribution in [0, 0.1) is 0 Å². The molecule has 2 rings (SSSR count). The maximum absolute atomic E-state index is 11.9. The zero-order valence-electron chi connectivity index (χ0n) is 10.8. The minimum Gasteiger partial charge on any atom is -0.381 e. The summed E-state index contributed by atoms with van der Waals surface area (Å²) >= 11 is 3.43. The van der Waals surface area contributed by atoms with Crippen LogP contribution in [0.1, 0.15) is 24.8 Å². The predicted octanol–water partition coefficient (Wildman–Crippen LogP) is 1.92. The highest BCUT2D eigenvalue weighted by Crippen LogP contribution is 2.32. The van der Waals surface area contributed by atoms with E-state index in [2.05, 4.69) is 33.4 Å². The normalized spacial score (nSPS) is 18.0. The van der Waals surface area contributed by atoms with Crippen LogP contribution < -0.4 is 11.1 Å². The molecule has 1 aromatic rings. The van der Waals surface area contributed by atoms with E-state index in [1.807, 2.05) is 12.1 Å². The van der Waals surface area contributed by atoms with Gasteiger partial charge in [-0.3, -0.25) is 4.79 Å². The number of amides is 1. The number of nitrogens with two attached hydrogens (primary N) is 1. The first-order valence-corrected chi connectivity index (χ1v) is 7.30. The number of nitrogens with one attached hydrogen (secondary N) is 1. The van der Waals surface area contributed by atoms with Crippen LogP contribution in [0.3, 0.4) is 0 Å². The Kier molecular flexibility index (Phi) is 4.96. The van der Waals surface area contributed by atoms with Crippen LogP contribution in [0.2, 0.25) is 0 Å². The van der Waals surface area contributed by atoms with Crippen LogP contribution in [0.4, 0.5) is 0 Å². The Hall–Kier alpha value is -0.910. The number of ether oxygens (including phenoxy) is 1. The SMILES string of the molecule is NCCC(=O)NC1(c2ccc(Br)cc2)CCOCC1. The second-order valence-corrected chi connectivity index (χ2v) is 5.70. The molecular formula is C14H19BrN2O2. The summed E-state index contributed by atoms with van der Waals surface area (Å²) in [4.78, 5) is 11.9. The molecule has 0 spiro atoms. The van der Waals surface area contributed by atoms with Gasteiger partial charge in [-0.2, -0.15) is 0 Å². The lowest BCUT2D eigenvalue weighted by Crippen LogP contribution is -2.49. The largest absolute Gasteiger partial charge is 0.381 e. The van der Waals surface area contributed by atoms with E-state index in [-0.39, 0.29) is 11.4 Å². The molecule has 19 heavy (non-hydrogen) atoms. The Labute approximate surface area is 121 Å². The summed E-state index contributed by atoms with van der Waals surface area (Å²) < 4.78 is 6.46. The lowest BCUT2D eigenvalue weighted by molar-refractivity contribution is -0.124. The van der Waals surface area contributed by atoms with Crippen molar-refractivity contribution < 1.29 is 9.53 Å². The van der Waals surface area contributed by atoms with Crippen LogP contribution in [0.15, 0.2) is 28.7 Å². The fraction of sp³-hybridized carbons (Fsp3) is 0.500. The molecule has 0 radical (unpaired) electrons. The van der Waals surface area contributed by atoms with E-state index in [1.165, 1.54) is 0 Å². The van der Waals surface area contributed by atoms with Crippen molar-refractivity contribution in [1.29, 1.82) is 0 Å². The average molecular weight is 327 g/mol. The molecule has 0 atom stereocenters. The maximum atomic E-state index is 11.9. The molecule has 5 heteroatoms. The van der Waals surface area contributed by atoms with Gasteiger partial charge in [0.2, 0.25) is 5.91 Å². The number of benzene rings is 1. The third-order valence-electron chi connectivity index (χ3n) is 3.49. The van der Waals surface area contributed by atoms with Crippen molar-refractivity contribution in [3.8, 4) is 0 Å². The molecule has 0 bridgehead atoms. The topological polar surface area (TPSA) is 64.4 Å². The van der Waals surface area contributed by atoms with Crippen LogP contribution in [-0.4, -0.2) is 25.7 Å². The van der Waals surface area contributed by atoms with E-state index >= 15 is 0 Å². The zero-order valence-corrected chi connectivity index (χ0v) is 12.4. The van der Waals surface area contributed by atoms with Crippen LogP contribution in [-0.2, 0) is 15.1 Å². The molecule has 1 aliphatic heterocycles. The van der Waals surface area contributed by atoms with Crippen molar-refractivity contribution >= 4 is 21.8 Å². The third-order valence-corrected chi connectivity index (χ3v) is 4.02. The van der Waals surface area contributed by atoms with E-state index in [0.717, 1.165) is 22.9 Å². The van der Waals surface area contributed by atoms with E-state index in [9.17, 15) is 4.79 Å². The second kappa shape index (κ2) is 6.50. The van der Waals surface area contributed by atoms with Crippen molar-refractivity contribution in [2.45, 2.75) is 24.8 Å². The fourth-order valence-corrected chi connectivity index (χ4v) is 2.70. The number of halogens is 1. The number of rotatable bonds is 4. The highest BCUT2D eigenvalue weighted by Gasteiger charge is 2.35. The van der Waals surface area contributed by atoms with Crippen LogP contribution >= 0.6 is 15.9 Å². The molecule has 1 aromatic carbocycles. The molecule has 0 aliphatic carbocycles. The summed E-state index contributed by atoms with van der Waals surface area (Å²) in [6.45, 7) is 1.71. The highest BCUT2D eigenvalue weighted by molar-refractivity contribution is 9.10. The number of carbonyl (C=O) groups excluding carboxylic acids is 1. The smallest absolute Gasteiger partial charge is 0.221 e. The lowest BCUT2D eigenvalue weighted by atomic mass is 9.82. The highest BCUT2D eigenvalue weighted by atomic mass is 79.9. The first kappa shape index (κ1) is 14.5. The molecule has 1 saturated heterocycles. The molecule has 3 N–H and O–H groups in total. The van der Waals surface area contributed by atoms with Crippen molar-refractivity contribution in [1.82, 2.24) is 5.32 Å². The van der Waals surface area contributed by atoms with Gasteiger partial charge in [0.1, 0.15) is 0 Å². The Morgan fingerprint density at radius 2 is 1.95 bits per heavy atom. The van der Waals surface area contributed by atoms with Crippen molar-refractivity contribution in [2.24, 2.45) is 5.73 Å². The number of carbonyl (C=O) groups is 1. The standard InChI is InChI=1S/C14H19BrN2O2/c15-12-3-1-11(2-4-12)14(6-9-19-10-7-14)17-13(18)5-8-16/h1-4H,5-10,16H2,(H,17,18). The molecule has 1 fully saturated rings.